The molecule has 0 aliphatic heterocycles. The summed E-state index contributed by atoms with van der Waals surface area (Å²) in [5.74, 6) is -1.39. The summed E-state index contributed by atoms with van der Waals surface area (Å²) < 4.78 is 13.6. The van der Waals surface area contributed by atoms with E-state index in [-0.39, 0.29) is 5.56 Å². The Labute approximate surface area is 114 Å². The van der Waals surface area contributed by atoms with Crippen LogP contribution in [-0.2, 0) is 12.8 Å². The average Bonchev–Trinajstić information content (AvgIpc) is 2.87. The molecule has 1 aliphatic carbocycles. The Hall–Kier alpha value is -2.50. The van der Waals surface area contributed by atoms with Crippen LogP contribution in [0.3, 0.4) is 0 Å². The van der Waals surface area contributed by atoms with Gasteiger partial charge >= 0.3 is 5.97 Å². The van der Waals surface area contributed by atoms with E-state index in [4.69, 9.17) is 5.11 Å². The summed E-state index contributed by atoms with van der Waals surface area (Å²) in [4.78, 5) is 19.1. The number of aromatic nitrogens is 2. The molecule has 3 rings (SSSR count). The predicted octanol–water partition coefficient (Wildman–Crippen LogP) is 2.55. The van der Waals surface area contributed by atoms with Crippen LogP contribution in [0.4, 0.5) is 15.9 Å². The van der Waals surface area contributed by atoms with Gasteiger partial charge in [-0.05, 0) is 37.5 Å². The summed E-state index contributed by atoms with van der Waals surface area (Å²) in [5, 5.41) is 11.8. The number of nitrogens with zero attached hydrogens (tertiary/aromatic N) is 2. The number of aryl methyl sites for hydroxylation is 1. The maximum atomic E-state index is 13.6. The number of halogens is 1. The van der Waals surface area contributed by atoms with E-state index in [2.05, 4.69) is 15.3 Å². The lowest BCUT2D eigenvalue weighted by atomic mass is 10.2. The van der Waals surface area contributed by atoms with Crippen molar-refractivity contribution in [2.24, 2.45) is 0 Å². The molecule has 0 bridgehead atoms. The van der Waals surface area contributed by atoms with Crippen LogP contribution in [0.2, 0.25) is 0 Å². The van der Waals surface area contributed by atoms with Crippen molar-refractivity contribution >= 4 is 17.5 Å². The second kappa shape index (κ2) is 4.88. The largest absolute Gasteiger partial charge is 0.478 e. The minimum atomic E-state index is -1.28. The number of anilines is 2. The fourth-order valence-electron chi connectivity index (χ4n) is 2.37. The van der Waals surface area contributed by atoms with E-state index >= 15 is 0 Å². The highest BCUT2D eigenvalue weighted by Crippen LogP contribution is 2.27. The fraction of sp³-hybridized carbons (Fsp3) is 0.214. The minimum absolute atomic E-state index is 0.344. The third-order valence-electron chi connectivity index (χ3n) is 3.34. The van der Waals surface area contributed by atoms with E-state index in [9.17, 15) is 9.18 Å². The maximum Gasteiger partial charge on any atom is 0.338 e. The molecule has 1 aromatic carbocycles. The Bertz CT molecular complexity index is 688. The molecular weight excluding hydrogens is 261 g/mol. The molecule has 20 heavy (non-hydrogen) atoms. The van der Waals surface area contributed by atoms with Crippen molar-refractivity contribution in [3.8, 4) is 0 Å². The zero-order chi connectivity index (χ0) is 14.1. The summed E-state index contributed by atoms with van der Waals surface area (Å²) in [6.07, 6.45) is 4.34. The molecule has 0 fully saturated rings. The molecule has 1 aliphatic rings. The molecule has 102 valence electrons. The van der Waals surface area contributed by atoms with E-state index in [1.165, 1.54) is 18.5 Å². The van der Waals surface area contributed by atoms with Gasteiger partial charge < -0.3 is 10.4 Å². The first-order chi connectivity index (χ1) is 9.65. The van der Waals surface area contributed by atoms with Crippen molar-refractivity contribution in [3.05, 3.63) is 47.2 Å². The van der Waals surface area contributed by atoms with Gasteiger partial charge in [0, 0.05) is 16.9 Å². The van der Waals surface area contributed by atoms with E-state index < -0.39 is 11.8 Å². The molecule has 0 saturated heterocycles. The monoisotopic (exact) mass is 273 g/mol. The van der Waals surface area contributed by atoms with Gasteiger partial charge in [-0.25, -0.2) is 19.2 Å². The van der Waals surface area contributed by atoms with Crippen molar-refractivity contribution < 1.29 is 14.3 Å². The Balaban J connectivity index is 1.91. The first-order valence-corrected chi connectivity index (χ1v) is 6.28. The summed E-state index contributed by atoms with van der Waals surface area (Å²) in [6, 6.07) is 3.92. The number of carboxylic acids is 1. The van der Waals surface area contributed by atoms with Gasteiger partial charge in [0.1, 0.15) is 18.0 Å². The van der Waals surface area contributed by atoms with Crippen LogP contribution in [0.25, 0.3) is 0 Å². The van der Waals surface area contributed by atoms with Crippen LogP contribution in [0, 0.1) is 5.82 Å². The Kier molecular flexibility index (Phi) is 3.06. The second-order valence-corrected chi connectivity index (χ2v) is 4.63. The van der Waals surface area contributed by atoms with Crippen LogP contribution in [-0.4, -0.2) is 21.0 Å². The molecule has 2 N–H and O–H groups in total. The topological polar surface area (TPSA) is 75.1 Å². The van der Waals surface area contributed by atoms with Crippen LogP contribution >= 0.6 is 0 Å². The smallest absolute Gasteiger partial charge is 0.338 e. The molecule has 5 nitrogen and oxygen atoms in total. The SMILES string of the molecule is O=C(O)c1ccc(Nc2ncnc3c2CCC3)cc1F. The summed E-state index contributed by atoms with van der Waals surface area (Å²) in [6.45, 7) is 0. The Morgan fingerprint density at radius 2 is 2.15 bits per heavy atom. The van der Waals surface area contributed by atoms with Crippen molar-refractivity contribution in [2.45, 2.75) is 19.3 Å². The second-order valence-electron chi connectivity index (χ2n) is 4.63. The lowest BCUT2D eigenvalue weighted by Gasteiger charge is -2.10. The zero-order valence-corrected chi connectivity index (χ0v) is 10.6. The molecule has 0 amide bonds. The quantitative estimate of drug-likeness (QED) is 0.898. The summed E-state index contributed by atoms with van der Waals surface area (Å²) in [5.41, 5.74) is 2.20. The first kappa shape index (κ1) is 12.5. The summed E-state index contributed by atoms with van der Waals surface area (Å²) in [7, 11) is 0. The molecular formula is C14H12FN3O2. The van der Waals surface area contributed by atoms with Crippen molar-refractivity contribution in [2.75, 3.05) is 5.32 Å². The average molecular weight is 273 g/mol. The molecule has 6 heteroatoms. The van der Waals surface area contributed by atoms with E-state index in [0.717, 1.165) is 36.6 Å². The Morgan fingerprint density at radius 1 is 1.30 bits per heavy atom. The van der Waals surface area contributed by atoms with Gasteiger partial charge in [-0.15, -0.1) is 0 Å². The molecule has 0 radical (unpaired) electrons. The number of aromatic carboxylic acids is 1. The third kappa shape index (κ3) is 2.20. The number of nitrogens with one attached hydrogen (secondary N) is 1. The normalized spacial score (nSPS) is 13.1. The lowest BCUT2D eigenvalue weighted by Crippen LogP contribution is -2.03. The fourth-order valence-corrected chi connectivity index (χ4v) is 2.37. The molecule has 1 heterocycles. The van der Waals surface area contributed by atoms with Crippen LogP contribution in [0.1, 0.15) is 28.0 Å². The van der Waals surface area contributed by atoms with Crippen molar-refractivity contribution in [3.63, 3.8) is 0 Å². The highest BCUT2D eigenvalue weighted by atomic mass is 19.1. The van der Waals surface area contributed by atoms with Crippen LogP contribution in [0.15, 0.2) is 24.5 Å². The Morgan fingerprint density at radius 3 is 2.90 bits per heavy atom. The van der Waals surface area contributed by atoms with Gasteiger partial charge in [-0.1, -0.05) is 0 Å². The first-order valence-electron chi connectivity index (χ1n) is 6.28. The van der Waals surface area contributed by atoms with Crippen LogP contribution in [0.5, 0.6) is 0 Å². The van der Waals surface area contributed by atoms with E-state index in [1.54, 1.807) is 0 Å². The lowest BCUT2D eigenvalue weighted by molar-refractivity contribution is 0.0692. The van der Waals surface area contributed by atoms with Crippen LogP contribution < -0.4 is 5.32 Å². The summed E-state index contributed by atoms with van der Waals surface area (Å²) >= 11 is 0. The van der Waals surface area contributed by atoms with Crippen molar-refractivity contribution in [1.82, 2.24) is 9.97 Å². The van der Waals surface area contributed by atoms with Gasteiger partial charge in [0.05, 0.1) is 5.56 Å². The van der Waals surface area contributed by atoms with E-state index in [1.807, 2.05) is 0 Å². The molecule has 0 spiro atoms. The number of rotatable bonds is 3. The predicted molar refractivity (Wildman–Crippen MR) is 70.7 cm³/mol. The van der Waals surface area contributed by atoms with Gasteiger partial charge in [0.15, 0.2) is 0 Å². The number of fused-ring (bicyclic) bond motifs is 1. The maximum absolute atomic E-state index is 13.6. The molecule has 1 aromatic heterocycles. The minimum Gasteiger partial charge on any atom is -0.478 e. The third-order valence-corrected chi connectivity index (χ3v) is 3.34. The molecule has 0 saturated carbocycles. The number of benzene rings is 1. The van der Waals surface area contributed by atoms with Gasteiger partial charge in [-0.2, -0.15) is 0 Å². The van der Waals surface area contributed by atoms with Crippen molar-refractivity contribution in [1.29, 1.82) is 0 Å². The zero-order valence-electron chi connectivity index (χ0n) is 10.6. The standard InChI is InChI=1S/C14H12FN3O2/c15-11-6-8(4-5-9(11)14(19)20)18-13-10-2-1-3-12(10)16-7-17-13/h4-7H,1-3H2,(H,19,20)(H,16,17,18). The molecule has 0 unspecified atom stereocenters. The number of hydrogen-bond acceptors (Lipinski definition) is 4. The highest BCUT2D eigenvalue weighted by molar-refractivity contribution is 5.88. The van der Waals surface area contributed by atoms with E-state index in [0.29, 0.717) is 11.5 Å². The van der Waals surface area contributed by atoms with Gasteiger partial charge in [0.25, 0.3) is 0 Å². The number of carbonyl (C=O) groups is 1. The highest BCUT2D eigenvalue weighted by Gasteiger charge is 2.17. The number of hydrogen-bond donors (Lipinski definition) is 2. The molecule has 2 aromatic rings. The number of carboxylic acid groups (broad SMARTS) is 1. The molecule has 0 atom stereocenters. The van der Waals surface area contributed by atoms with Gasteiger partial charge in [0.2, 0.25) is 0 Å². The van der Waals surface area contributed by atoms with Gasteiger partial charge in [-0.3, -0.25) is 0 Å².